The maximum Gasteiger partial charge on any atom is 0.112 e. The Morgan fingerprint density at radius 2 is 2.07 bits per heavy atom. The summed E-state index contributed by atoms with van der Waals surface area (Å²) in [5.74, 6) is 0.844. The molecule has 4 heteroatoms. The van der Waals surface area contributed by atoms with Crippen LogP contribution < -0.4 is 5.73 Å². The number of nitrogens with two attached hydrogens (primary N) is 1. The van der Waals surface area contributed by atoms with Crippen molar-refractivity contribution in [3.8, 4) is 0 Å². The lowest BCUT2D eigenvalue weighted by molar-refractivity contribution is 0.0403. The molecule has 3 fully saturated rings. The number of piperazine rings is 3. The highest BCUT2D eigenvalue weighted by Crippen LogP contribution is 2.15. The highest BCUT2D eigenvalue weighted by Gasteiger charge is 2.33. The number of rotatable bonds is 3. The summed E-state index contributed by atoms with van der Waals surface area (Å²) in [5, 5.41) is 0. The molecular weight excluding hydrogens is 176 g/mol. The van der Waals surface area contributed by atoms with E-state index in [1.54, 1.807) is 0 Å². The van der Waals surface area contributed by atoms with Gasteiger partial charge in [0.15, 0.2) is 0 Å². The van der Waals surface area contributed by atoms with Gasteiger partial charge < -0.3 is 5.73 Å². The molecule has 2 bridgehead atoms. The smallest absolute Gasteiger partial charge is 0.112 e. The molecule has 3 heterocycles. The van der Waals surface area contributed by atoms with Crippen LogP contribution in [0.1, 0.15) is 13.3 Å². The molecule has 14 heavy (non-hydrogen) atoms. The first-order valence-corrected chi connectivity index (χ1v) is 5.57. The maximum atomic E-state index is 6.00. The van der Waals surface area contributed by atoms with Crippen LogP contribution in [-0.4, -0.2) is 60.9 Å². The molecule has 2 N–H and O–H groups in total. The minimum absolute atomic E-state index is 0.393. The van der Waals surface area contributed by atoms with Crippen molar-refractivity contribution in [2.24, 2.45) is 10.7 Å². The van der Waals surface area contributed by atoms with Gasteiger partial charge >= 0.3 is 0 Å². The van der Waals surface area contributed by atoms with Crippen LogP contribution in [-0.2, 0) is 0 Å². The van der Waals surface area contributed by atoms with E-state index in [0.29, 0.717) is 6.04 Å². The fraction of sp³-hybridized carbons (Fsp3) is 0.900. The first-order valence-electron chi connectivity index (χ1n) is 5.57. The monoisotopic (exact) mass is 196 g/mol. The fourth-order valence-corrected chi connectivity index (χ4v) is 2.24. The Bertz CT molecular complexity index is 218. The van der Waals surface area contributed by atoms with E-state index in [4.69, 9.17) is 5.73 Å². The fourth-order valence-electron chi connectivity index (χ4n) is 2.24. The Morgan fingerprint density at radius 3 is 2.57 bits per heavy atom. The van der Waals surface area contributed by atoms with Gasteiger partial charge in [0.05, 0.1) is 6.04 Å². The number of nitrogens with zero attached hydrogens (tertiary/aromatic N) is 3. The van der Waals surface area contributed by atoms with E-state index in [2.05, 4.69) is 21.7 Å². The average Bonchev–Trinajstić information content (AvgIpc) is 2.27. The van der Waals surface area contributed by atoms with Gasteiger partial charge in [0, 0.05) is 39.3 Å². The van der Waals surface area contributed by atoms with E-state index in [1.807, 2.05) is 0 Å². The van der Waals surface area contributed by atoms with E-state index in [0.717, 1.165) is 38.4 Å². The van der Waals surface area contributed by atoms with Crippen molar-refractivity contribution in [2.45, 2.75) is 19.4 Å². The zero-order valence-electron chi connectivity index (χ0n) is 8.95. The largest absolute Gasteiger partial charge is 0.386 e. The molecule has 0 amide bonds. The highest BCUT2D eigenvalue weighted by atomic mass is 15.4. The van der Waals surface area contributed by atoms with Crippen molar-refractivity contribution in [3.63, 3.8) is 0 Å². The van der Waals surface area contributed by atoms with Crippen LogP contribution in [0.2, 0.25) is 0 Å². The summed E-state index contributed by atoms with van der Waals surface area (Å²) in [6.07, 6.45) is 1.08. The minimum Gasteiger partial charge on any atom is -0.386 e. The summed E-state index contributed by atoms with van der Waals surface area (Å²) in [6.45, 7) is 8.82. The summed E-state index contributed by atoms with van der Waals surface area (Å²) in [7, 11) is 0. The van der Waals surface area contributed by atoms with Gasteiger partial charge in [0.1, 0.15) is 5.84 Å². The quantitative estimate of drug-likeness (QED) is 0.500. The second-order valence-electron chi connectivity index (χ2n) is 4.16. The Balaban J connectivity index is 1.97. The van der Waals surface area contributed by atoms with Gasteiger partial charge in [0.2, 0.25) is 0 Å². The van der Waals surface area contributed by atoms with E-state index in [9.17, 15) is 0 Å². The van der Waals surface area contributed by atoms with Crippen molar-refractivity contribution >= 4 is 5.84 Å². The van der Waals surface area contributed by atoms with Crippen molar-refractivity contribution in [1.29, 1.82) is 0 Å². The van der Waals surface area contributed by atoms with Crippen molar-refractivity contribution < 1.29 is 0 Å². The molecule has 1 unspecified atom stereocenters. The standard InChI is InChI=1S/C10H20N4/c1-2-3-12-10(11)9-8-13-4-6-14(9)7-5-13/h9H,2-8H2,1H3,(H2,11,12). The number of fused-ring (bicyclic) bond motifs is 3. The van der Waals surface area contributed by atoms with E-state index < -0.39 is 0 Å². The lowest BCUT2D eigenvalue weighted by Gasteiger charge is -2.47. The summed E-state index contributed by atoms with van der Waals surface area (Å²) in [5.41, 5.74) is 6.00. The van der Waals surface area contributed by atoms with Gasteiger partial charge in [-0.3, -0.25) is 14.8 Å². The summed E-state index contributed by atoms with van der Waals surface area (Å²) in [6, 6.07) is 0.393. The molecule has 0 saturated carbocycles. The van der Waals surface area contributed by atoms with E-state index in [1.165, 1.54) is 13.1 Å². The van der Waals surface area contributed by atoms with Gasteiger partial charge in [-0.2, -0.15) is 0 Å². The Hall–Kier alpha value is -0.610. The molecule has 3 aliphatic heterocycles. The predicted molar refractivity (Wildman–Crippen MR) is 58.6 cm³/mol. The van der Waals surface area contributed by atoms with E-state index >= 15 is 0 Å². The number of hydrogen-bond acceptors (Lipinski definition) is 3. The van der Waals surface area contributed by atoms with Crippen LogP contribution >= 0.6 is 0 Å². The van der Waals surface area contributed by atoms with Crippen LogP contribution in [0.5, 0.6) is 0 Å². The second-order valence-corrected chi connectivity index (χ2v) is 4.16. The molecule has 4 nitrogen and oxygen atoms in total. The third-order valence-corrected chi connectivity index (χ3v) is 3.14. The highest BCUT2D eigenvalue weighted by molar-refractivity contribution is 5.86. The topological polar surface area (TPSA) is 44.9 Å². The van der Waals surface area contributed by atoms with Crippen LogP contribution in [0.4, 0.5) is 0 Å². The Labute approximate surface area is 85.8 Å². The molecule has 0 aromatic carbocycles. The summed E-state index contributed by atoms with van der Waals surface area (Å²) < 4.78 is 0. The summed E-state index contributed by atoms with van der Waals surface area (Å²) in [4.78, 5) is 9.36. The maximum absolute atomic E-state index is 6.00. The normalized spacial score (nSPS) is 37.5. The van der Waals surface area contributed by atoms with Crippen LogP contribution in [0.15, 0.2) is 4.99 Å². The molecule has 1 atom stereocenters. The van der Waals surface area contributed by atoms with Crippen molar-refractivity contribution in [3.05, 3.63) is 0 Å². The number of aliphatic imine (C=N–C) groups is 1. The average molecular weight is 196 g/mol. The van der Waals surface area contributed by atoms with Crippen molar-refractivity contribution in [1.82, 2.24) is 9.80 Å². The predicted octanol–water partition coefficient (Wildman–Crippen LogP) is -0.247. The third kappa shape index (κ3) is 1.91. The van der Waals surface area contributed by atoms with Gasteiger partial charge in [-0.15, -0.1) is 0 Å². The molecule has 0 aromatic heterocycles. The zero-order valence-corrected chi connectivity index (χ0v) is 8.95. The number of amidine groups is 1. The SMILES string of the molecule is CCCN=C(N)C1CN2CCN1CC2. The van der Waals surface area contributed by atoms with Crippen molar-refractivity contribution in [2.75, 3.05) is 39.3 Å². The molecule has 80 valence electrons. The molecule has 3 rings (SSSR count). The van der Waals surface area contributed by atoms with Gasteiger partial charge in [-0.1, -0.05) is 6.92 Å². The van der Waals surface area contributed by atoms with E-state index in [-0.39, 0.29) is 0 Å². The molecule has 0 aliphatic carbocycles. The molecular formula is C10H20N4. The zero-order chi connectivity index (χ0) is 9.97. The van der Waals surface area contributed by atoms with Crippen LogP contribution in [0.3, 0.4) is 0 Å². The molecule has 3 aliphatic rings. The lowest BCUT2D eigenvalue weighted by atomic mass is 10.1. The van der Waals surface area contributed by atoms with Crippen LogP contribution in [0.25, 0.3) is 0 Å². The number of hydrogen-bond donors (Lipinski definition) is 1. The minimum atomic E-state index is 0.393. The third-order valence-electron chi connectivity index (χ3n) is 3.14. The van der Waals surface area contributed by atoms with Gasteiger partial charge in [-0.25, -0.2) is 0 Å². The molecule has 0 aromatic rings. The molecule has 3 saturated heterocycles. The lowest BCUT2D eigenvalue weighted by Crippen LogP contribution is -2.64. The summed E-state index contributed by atoms with van der Waals surface area (Å²) >= 11 is 0. The Kier molecular flexibility index (Phi) is 3.03. The van der Waals surface area contributed by atoms with Gasteiger partial charge in [0.25, 0.3) is 0 Å². The first-order chi connectivity index (χ1) is 6.81. The second kappa shape index (κ2) is 4.28. The molecule has 0 spiro atoms. The Morgan fingerprint density at radius 1 is 1.36 bits per heavy atom. The van der Waals surface area contributed by atoms with Crippen LogP contribution in [0, 0.1) is 0 Å². The first kappa shape index (κ1) is 9.93. The molecule has 0 radical (unpaired) electrons. The van der Waals surface area contributed by atoms with Gasteiger partial charge in [-0.05, 0) is 6.42 Å².